The van der Waals surface area contributed by atoms with Gasteiger partial charge in [0.05, 0.1) is 6.54 Å². The number of hydrogen-bond acceptors (Lipinski definition) is 4. The summed E-state index contributed by atoms with van der Waals surface area (Å²) >= 11 is 6.03. The van der Waals surface area contributed by atoms with Crippen molar-refractivity contribution in [2.45, 2.75) is 24.3 Å². The van der Waals surface area contributed by atoms with Gasteiger partial charge < -0.3 is 0 Å². The second-order valence-corrected chi connectivity index (χ2v) is 8.63. The maximum absolute atomic E-state index is 14.1. The average Bonchev–Trinajstić information content (AvgIpc) is 3.28. The Morgan fingerprint density at radius 2 is 1.89 bits per heavy atom. The minimum atomic E-state index is -3.76. The molecule has 10 heteroatoms. The lowest BCUT2D eigenvalue weighted by atomic mass is 10.2. The molecule has 1 fully saturated rings. The predicted molar refractivity (Wildman–Crippen MR) is 98.0 cm³/mol. The molecular formula is C17H16ClFN4O3S. The second-order valence-electron chi connectivity index (χ2n) is 6.32. The van der Waals surface area contributed by atoms with Crippen molar-refractivity contribution >= 4 is 27.3 Å². The fourth-order valence-electron chi connectivity index (χ4n) is 3.22. The summed E-state index contributed by atoms with van der Waals surface area (Å²) in [5, 5.41) is 4.33. The van der Waals surface area contributed by atoms with Crippen molar-refractivity contribution in [2.24, 2.45) is 0 Å². The summed E-state index contributed by atoms with van der Waals surface area (Å²) in [7, 11) is -3.76. The van der Waals surface area contributed by atoms with Crippen LogP contribution in [0.15, 0.2) is 46.2 Å². The topological polar surface area (TPSA) is 76.7 Å². The third-order valence-electron chi connectivity index (χ3n) is 4.63. The van der Waals surface area contributed by atoms with E-state index in [1.807, 2.05) is 0 Å². The van der Waals surface area contributed by atoms with Gasteiger partial charge in [-0.15, -0.1) is 5.10 Å². The van der Waals surface area contributed by atoms with Gasteiger partial charge in [0.2, 0.25) is 10.0 Å². The highest BCUT2D eigenvalue weighted by atomic mass is 35.5. The number of pyridine rings is 1. The highest BCUT2D eigenvalue weighted by molar-refractivity contribution is 7.89. The van der Waals surface area contributed by atoms with Gasteiger partial charge in [0.25, 0.3) is 0 Å². The first-order chi connectivity index (χ1) is 12.9. The van der Waals surface area contributed by atoms with Gasteiger partial charge in [-0.1, -0.05) is 17.7 Å². The van der Waals surface area contributed by atoms with Gasteiger partial charge in [-0.25, -0.2) is 26.7 Å². The first-order valence-corrected chi connectivity index (χ1v) is 10.2. The van der Waals surface area contributed by atoms with Gasteiger partial charge in [-0.3, -0.25) is 0 Å². The van der Waals surface area contributed by atoms with Crippen LogP contribution in [0, 0.1) is 5.82 Å². The van der Waals surface area contributed by atoms with E-state index >= 15 is 0 Å². The number of fused-ring (bicyclic) bond motifs is 1. The maximum Gasteiger partial charge on any atom is 0.350 e. The molecule has 0 unspecified atom stereocenters. The molecule has 4 rings (SSSR count). The molecule has 142 valence electrons. The predicted octanol–water partition coefficient (Wildman–Crippen LogP) is 2.12. The van der Waals surface area contributed by atoms with Crippen LogP contribution in [-0.4, -0.2) is 40.0 Å². The zero-order chi connectivity index (χ0) is 19.2. The number of sulfonamides is 1. The van der Waals surface area contributed by atoms with E-state index in [4.69, 9.17) is 11.6 Å². The Morgan fingerprint density at radius 3 is 2.59 bits per heavy atom. The van der Waals surface area contributed by atoms with Crippen LogP contribution in [-0.2, 0) is 16.6 Å². The van der Waals surface area contributed by atoms with E-state index in [0.717, 1.165) is 21.9 Å². The monoisotopic (exact) mass is 410 g/mol. The van der Waals surface area contributed by atoms with E-state index in [1.165, 1.54) is 40.8 Å². The smallest absolute Gasteiger partial charge is 0.249 e. The maximum atomic E-state index is 14.1. The molecular weight excluding hydrogens is 395 g/mol. The SMILES string of the molecule is O=c1n(Cc2c(F)cccc2Cl)nc2c(S(=O)(=O)N3CCCC3)cccn12. The van der Waals surface area contributed by atoms with Crippen molar-refractivity contribution in [2.75, 3.05) is 13.1 Å². The van der Waals surface area contributed by atoms with Gasteiger partial charge >= 0.3 is 5.69 Å². The van der Waals surface area contributed by atoms with Crippen molar-refractivity contribution in [3.63, 3.8) is 0 Å². The van der Waals surface area contributed by atoms with E-state index in [0.29, 0.717) is 13.1 Å². The van der Waals surface area contributed by atoms with Crippen LogP contribution in [0.25, 0.3) is 5.65 Å². The molecule has 3 heterocycles. The van der Waals surface area contributed by atoms with Crippen LogP contribution in [0.3, 0.4) is 0 Å². The Hall–Kier alpha value is -2.23. The van der Waals surface area contributed by atoms with Crippen LogP contribution in [0.4, 0.5) is 4.39 Å². The van der Waals surface area contributed by atoms with Crippen molar-refractivity contribution in [1.29, 1.82) is 0 Å². The molecule has 0 amide bonds. The molecule has 0 saturated carbocycles. The van der Waals surface area contributed by atoms with Gasteiger partial charge in [-0.05, 0) is 37.1 Å². The number of aromatic nitrogens is 3. The third kappa shape index (κ3) is 3.05. The summed E-state index contributed by atoms with van der Waals surface area (Å²) in [5.74, 6) is -0.559. The van der Waals surface area contributed by atoms with Gasteiger partial charge in [-0.2, -0.15) is 4.31 Å². The third-order valence-corrected chi connectivity index (χ3v) is 6.90. The van der Waals surface area contributed by atoms with Crippen LogP contribution < -0.4 is 5.69 Å². The normalized spacial score (nSPS) is 15.6. The highest BCUT2D eigenvalue weighted by Gasteiger charge is 2.30. The molecule has 0 radical (unpaired) electrons. The first kappa shape index (κ1) is 18.1. The van der Waals surface area contributed by atoms with Crippen LogP contribution in [0.2, 0.25) is 5.02 Å². The van der Waals surface area contributed by atoms with Crippen molar-refractivity contribution < 1.29 is 12.8 Å². The Bertz CT molecular complexity index is 1160. The number of nitrogens with zero attached hydrogens (tertiary/aromatic N) is 4. The summed E-state index contributed by atoms with van der Waals surface area (Å²) in [6.45, 7) is 0.688. The Morgan fingerprint density at radius 1 is 1.15 bits per heavy atom. The van der Waals surface area contributed by atoms with Gasteiger partial charge in [0.1, 0.15) is 10.7 Å². The van der Waals surface area contributed by atoms with Gasteiger partial charge in [0.15, 0.2) is 5.65 Å². The number of benzene rings is 1. The van der Waals surface area contributed by atoms with Crippen molar-refractivity contribution in [3.8, 4) is 0 Å². The minimum absolute atomic E-state index is 0.0156. The fourth-order valence-corrected chi connectivity index (χ4v) is 5.08. The molecule has 0 spiro atoms. The summed E-state index contributed by atoms with van der Waals surface area (Å²) < 4.78 is 43.4. The van der Waals surface area contributed by atoms with E-state index in [-0.39, 0.29) is 27.7 Å². The second kappa shape index (κ2) is 6.74. The summed E-state index contributed by atoms with van der Waals surface area (Å²) in [6.07, 6.45) is 3.04. The molecule has 0 aliphatic carbocycles. The van der Waals surface area contributed by atoms with E-state index in [2.05, 4.69) is 5.10 Å². The fraction of sp³-hybridized carbons (Fsp3) is 0.294. The molecule has 1 aliphatic heterocycles. The number of halogens is 2. The molecule has 1 aromatic carbocycles. The Balaban J connectivity index is 1.84. The standard InChI is InChI=1S/C17H16ClFN4O3S/c18-13-5-3-6-14(19)12(13)11-23-17(24)22-10-4-7-15(16(22)20-23)27(25,26)21-8-1-2-9-21/h3-7,10H,1-2,8-9,11H2. The van der Waals surface area contributed by atoms with E-state index in [9.17, 15) is 17.6 Å². The molecule has 3 aromatic rings. The molecule has 7 nitrogen and oxygen atoms in total. The van der Waals surface area contributed by atoms with Crippen LogP contribution >= 0.6 is 11.6 Å². The van der Waals surface area contributed by atoms with Crippen molar-refractivity contribution in [1.82, 2.24) is 18.5 Å². The largest absolute Gasteiger partial charge is 0.350 e. The molecule has 0 atom stereocenters. The average molecular weight is 411 g/mol. The van der Waals surface area contributed by atoms with E-state index in [1.54, 1.807) is 0 Å². The van der Waals surface area contributed by atoms with Crippen LogP contribution in [0.5, 0.6) is 0 Å². The first-order valence-electron chi connectivity index (χ1n) is 8.41. The summed E-state index contributed by atoms with van der Waals surface area (Å²) in [4.78, 5) is 12.6. The molecule has 1 aliphatic rings. The Labute approximate surface area is 159 Å². The van der Waals surface area contributed by atoms with Gasteiger partial charge in [0, 0.05) is 29.9 Å². The minimum Gasteiger partial charge on any atom is -0.249 e. The lowest BCUT2D eigenvalue weighted by Gasteiger charge is -2.15. The van der Waals surface area contributed by atoms with E-state index < -0.39 is 21.5 Å². The molecule has 0 N–H and O–H groups in total. The summed E-state index contributed by atoms with van der Waals surface area (Å²) in [5.41, 5.74) is -0.432. The number of rotatable bonds is 4. The lowest BCUT2D eigenvalue weighted by molar-refractivity contribution is 0.477. The lowest BCUT2D eigenvalue weighted by Crippen LogP contribution is -2.28. The molecule has 1 saturated heterocycles. The zero-order valence-electron chi connectivity index (χ0n) is 14.2. The molecule has 0 bridgehead atoms. The quantitative estimate of drug-likeness (QED) is 0.660. The molecule has 2 aromatic heterocycles. The molecule has 27 heavy (non-hydrogen) atoms. The Kier molecular flexibility index (Phi) is 4.53. The zero-order valence-corrected chi connectivity index (χ0v) is 15.7. The summed E-state index contributed by atoms with van der Waals surface area (Å²) in [6, 6.07) is 7.14. The number of hydrogen-bond donors (Lipinski definition) is 0. The van der Waals surface area contributed by atoms with Crippen molar-refractivity contribution in [3.05, 3.63) is 63.4 Å². The van der Waals surface area contributed by atoms with Crippen LogP contribution in [0.1, 0.15) is 18.4 Å². The highest BCUT2D eigenvalue weighted by Crippen LogP contribution is 2.24.